The highest BCUT2D eigenvalue weighted by Gasteiger charge is 2.34. The van der Waals surface area contributed by atoms with Gasteiger partial charge in [0.2, 0.25) is 0 Å². The maximum Gasteiger partial charge on any atom is 0.319 e. The average Bonchev–Trinajstić information content (AvgIpc) is 2.82. The molecule has 0 saturated carbocycles. The van der Waals surface area contributed by atoms with E-state index in [1.54, 1.807) is 42.5 Å². The zero-order valence-electron chi connectivity index (χ0n) is 12.7. The Hall–Kier alpha value is -3.35. The third-order valence-corrected chi connectivity index (χ3v) is 3.65. The van der Waals surface area contributed by atoms with Gasteiger partial charge in [0.1, 0.15) is 5.75 Å². The maximum atomic E-state index is 12.2. The lowest BCUT2D eigenvalue weighted by Gasteiger charge is -2.14. The molecule has 4 amide bonds. The molecule has 0 saturated heterocycles. The van der Waals surface area contributed by atoms with E-state index in [9.17, 15) is 19.5 Å². The molecule has 1 aliphatic rings. The highest BCUT2D eigenvalue weighted by atomic mass is 16.3. The van der Waals surface area contributed by atoms with Gasteiger partial charge in [0.25, 0.3) is 11.8 Å². The van der Waals surface area contributed by atoms with Gasteiger partial charge in [0.05, 0.1) is 16.8 Å². The van der Waals surface area contributed by atoms with E-state index in [1.807, 2.05) is 0 Å². The van der Waals surface area contributed by atoms with Gasteiger partial charge in [-0.15, -0.1) is 0 Å². The molecule has 0 radical (unpaired) electrons. The van der Waals surface area contributed by atoms with E-state index in [0.717, 1.165) is 4.90 Å². The molecule has 0 atom stereocenters. The summed E-state index contributed by atoms with van der Waals surface area (Å²) < 4.78 is 0. The Balaban J connectivity index is 1.54. The predicted octanol–water partition coefficient (Wildman–Crippen LogP) is 1.81. The number of fused-ring (bicyclic) bond motifs is 1. The fourth-order valence-corrected chi connectivity index (χ4v) is 2.47. The number of anilines is 1. The van der Waals surface area contributed by atoms with Crippen molar-refractivity contribution in [3.8, 4) is 5.75 Å². The van der Waals surface area contributed by atoms with Crippen molar-refractivity contribution in [3.05, 3.63) is 59.7 Å². The van der Waals surface area contributed by atoms with Crippen molar-refractivity contribution in [2.45, 2.75) is 0 Å². The van der Waals surface area contributed by atoms with Crippen LogP contribution in [-0.4, -0.2) is 40.9 Å². The Morgan fingerprint density at radius 3 is 2.17 bits per heavy atom. The normalized spacial score (nSPS) is 12.9. The van der Waals surface area contributed by atoms with Gasteiger partial charge < -0.3 is 15.7 Å². The van der Waals surface area contributed by atoms with Crippen molar-refractivity contribution in [2.24, 2.45) is 0 Å². The van der Waals surface area contributed by atoms with E-state index in [4.69, 9.17) is 0 Å². The van der Waals surface area contributed by atoms with Gasteiger partial charge in [-0.2, -0.15) is 0 Å². The Kier molecular flexibility index (Phi) is 4.15. The van der Waals surface area contributed by atoms with Crippen molar-refractivity contribution in [1.82, 2.24) is 10.2 Å². The molecule has 122 valence electrons. The Labute approximate surface area is 137 Å². The molecule has 7 heteroatoms. The maximum absolute atomic E-state index is 12.2. The summed E-state index contributed by atoms with van der Waals surface area (Å²) in [6.45, 7) is 0.172. The molecule has 0 bridgehead atoms. The standard InChI is InChI=1S/C17H15N3O4/c21-14-8-4-3-7-13(14)19-17(24)18-9-10-20-15(22)11-5-1-2-6-12(11)16(20)23/h1-8,21H,9-10H2,(H2,18,19,24). The number of carbonyl (C=O) groups is 3. The first-order valence-electron chi connectivity index (χ1n) is 7.36. The smallest absolute Gasteiger partial charge is 0.319 e. The molecule has 0 unspecified atom stereocenters. The summed E-state index contributed by atoms with van der Waals surface area (Å²) in [4.78, 5) is 37.2. The first-order chi connectivity index (χ1) is 11.6. The number of urea groups is 1. The second kappa shape index (κ2) is 6.41. The monoisotopic (exact) mass is 325 g/mol. The number of nitrogens with one attached hydrogen (secondary N) is 2. The number of aromatic hydroxyl groups is 1. The molecule has 0 spiro atoms. The molecule has 1 heterocycles. The first kappa shape index (κ1) is 15.5. The number of imide groups is 1. The molecule has 1 aliphatic heterocycles. The number of amides is 4. The lowest BCUT2D eigenvalue weighted by Crippen LogP contribution is -2.39. The summed E-state index contributed by atoms with van der Waals surface area (Å²) in [5.74, 6) is -0.773. The lowest BCUT2D eigenvalue weighted by atomic mass is 10.1. The minimum Gasteiger partial charge on any atom is -0.506 e. The van der Waals surface area contributed by atoms with E-state index in [-0.39, 0.29) is 36.3 Å². The van der Waals surface area contributed by atoms with Crippen molar-refractivity contribution in [1.29, 1.82) is 0 Å². The molecule has 7 nitrogen and oxygen atoms in total. The quantitative estimate of drug-likeness (QED) is 0.590. The lowest BCUT2D eigenvalue weighted by molar-refractivity contribution is 0.0656. The Morgan fingerprint density at radius 1 is 0.958 bits per heavy atom. The molecule has 24 heavy (non-hydrogen) atoms. The Morgan fingerprint density at radius 2 is 1.54 bits per heavy atom. The molecular formula is C17H15N3O4. The van der Waals surface area contributed by atoms with Crippen LogP contribution in [0.3, 0.4) is 0 Å². The van der Waals surface area contributed by atoms with Crippen molar-refractivity contribution < 1.29 is 19.5 Å². The summed E-state index contributed by atoms with van der Waals surface area (Å²) in [6, 6.07) is 12.4. The summed E-state index contributed by atoms with van der Waals surface area (Å²) in [5.41, 5.74) is 1.03. The Bertz CT molecular complexity index is 784. The number of nitrogens with zero attached hydrogens (tertiary/aromatic N) is 1. The van der Waals surface area contributed by atoms with Gasteiger partial charge in [0, 0.05) is 13.1 Å². The van der Waals surface area contributed by atoms with E-state index >= 15 is 0 Å². The fourth-order valence-electron chi connectivity index (χ4n) is 2.47. The van der Waals surface area contributed by atoms with Crippen LogP contribution in [0.25, 0.3) is 0 Å². The van der Waals surface area contributed by atoms with E-state index in [0.29, 0.717) is 11.1 Å². The van der Waals surface area contributed by atoms with Crippen LogP contribution in [-0.2, 0) is 0 Å². The number of phenols is 1. The first-order valence-corrected chi connectivity index (χ1v) is 7.36. The summed E-state index contributed by atoms with van der Waals surface area (Å²) in [7, 11) is 0. The van der Waals surface area contributed by atoms with Crippen molar-refractivity contribution in [3.63, 3.8) is 0 Å². The number of para-hydroxylation sites is 2. The zero-order chi connectivity index (χ0) is 17.1. The SMILES string of the molecule is O=C(NCCN1C(=O)c2ccccc2C1=O)Nc1ccccc1O. The third-order valence-electron chi connectivity index (χ3n) is 3.65. The number of hydrogen-bond acceptors (Lipinski definition) is 4. The highest BCUT2D eigenvalue weighted by molar-refractivity contribution is 6.21. The zero-order valence-corrected chi connectivity index (χ0v) is 12.7. The number of hydrogen-bond donors (Lipinski definition) is 3. The second-order valence-corrected chi connectivity index (χ2v) is 5.21. The number of phenolic OH excluding ortho intramolecular Hbond substituents is 1. The summed E-state index contributed by atoms with van der Waals surface area (Å²) in [5, 5.41) is 14.6. The second-order valence-electron chi connectivity index (χ2n) is 5.21. The average molecular weight is 325 g/mol. The van der Waals surface area contributed by atoms with Crippen LogP contribution in [0.5, 0.6) is 5.75 Å². The third kappa shape index (κ3) is 2.91. The molecule has 3 rings (SSSR count). The highest BCUT2D eigenvalue weighted by Crippen LogP contribution is 2.22. The molecule has 3 N–H and O–H groups in total. The minimum absolute atomic E-state index is 0.0481. The van der Waals surface area contributed by atoms with Crippen LogP contribution >= 0.6 is 0 Å². The molecule has 2 aromatic carbocycles. The van der Waals surface area contributed by atoms with E-state index < -0.39 is 6.03 Å². The number of rotatable bonds is 4. The van der Waals surface area contributed by atoms with Crippen LogP contribution in [0.2, 0.25) is 0 Å². The van der Waals surface area contributed by atoms with Crippen LogP contribution in [0.1, 0.15) is 20.7 Å². The molecule has 0 fully saturated rings. The largest absolute Gasteiger partial charge is 0.506 e. The molecule has 2 aromatic rings. The summed E-state index contributed by atoms with van der Waals surface area (Å²) >= 11 is 0. The number of benzene rings is 2. The minimum atomic E-state index is -0.534. The molecule has 0 aliphatic carbocycles. The van der Waals surface area contributed by atoms with Gasteiger partial charge in [-0.3, -0.25) is 14.5 Å². The van der Waals surface area contributed by atoms with Gasteiger partial charge in [-0.25, -0.2) is 4.79 Å². The van der Waals surface area contributed by atoms with Crippen LogP contribution in [0.4, 0.5) is 10.5 Å². The van der Waals surface area contributed by atoms with Crippen molar-refractivity contribution in [2.75, 3.05) is 18.4 Å². The molecular weight excluding hydrogens is 310 g/mol. The van der Waals surface area contributed by atoms with Gasteiger partial charge in [-0.1, -0.05) is 24.3 Å². The predicted molar refractivity (Wildman–Crippen MR) is 86.9 cm³/mol. The van der Waals surface area contributed by atoms with E-state index in [1.165, 1.54) is 6.07 Å². The number of carbonyl (C=O) groups excluding carboxylic acids is 3. The summed E-state index contributed by atoms with van der Waals surface area (Å²) in [6.07, 6.45) is 0. The van der Waals surface area contributed by atoms with Crippen LogP contribution < -0.4 is 10.6 Å². The van der Waals surface area contributed by atoms with Gasteiger partial charge in [0.15, 0.2) is 0 Å². The van der Waals surface area contributed by atoms with Gasteiger partial charge >= 0.3 is 6.03 Å². The van der Waals surface area contributed by atoms with Crippen LogP contribution in [0, 0.1) is 0 Å². The molecule has 0 aromatic heterocycles. The topological polar surface area (TPSA) is 98.7 Å². The van der Waals surface area contributed by atoms with Crippen LogP contribution in [0.15, 0.2) is 48.5 Å². The fraction of sp³-hybridized carbons (Fsp3) is 0.118. The van der Waals surface area contributed by atoms with Gasteiger partial charge in [-0.05, 0) is 24.3 Å². The van der Waals surface area contributed by atoms with Crippen molar-refractivity contribution >= 4 is 23.5 Å². The van der Waals surface area contributed by atoms with E-state index in [2.05, 4.69) is 10.6 Å².